The molecule has 0 atom stereocenters. The third-order valence-electron chi connectivity index (χ3n) is 1.28. The van der Waals surface area contributed by atoms with Gasteiger partial charge in [0, 0.05) is 0 Å². The first-order valence-corrected chi connectivity index (χ1v) is 3.05. The zero-order valence-electron chi connectivity index (χ0n) is 5.67. The summed E-state index contributed by atoms with van der Waals surface area (Å²) in [6, 6.07) is 9.65. The third-order valence-corrected chi connectivity index (χ3v) is 1.28. The van der Waals surface area contributed by atoms with Crippen LogP contribution in [0.5, 0.6) is 0 Å². The first-order chi connectivity index (χ1) is 4.84. The molecule has 0 nitrogen and oxygen atoms in total. The largest absolute Gasteiger partial charge is 0.136 e. The van der Waals surface area contributed by atoms with Gasteiger partial charge in [-0.3, -0.25) is 0 Å². The van der Waals surface area contributed by atoms with Crippen LogP contribution in [0.3, 0.4) is 0 Å². The Morgan fingerprint density at radius 2 is 1.90 bits per heavy atom. The van der Waals surface area contributed by atoms with Crippen molar-refractivity contribution >= 4 is 13.3 Å². The smallest absolute Gasteiger partial charge is 0.126 e. The van der Waals surface area contributed by atoms with Gasteiger partial charge < -0.3 is 0 Å². The monoisotopic (exact) mass is 126 g/mol. The summed E-state index contributed by atoms with van der Waals surface area (Å²) in [5, 5.41) is 0. The van der Waals surface area contributed by atoms with Crippen LogP contribution in [0, 0.1) is 0 Å². The van der Waals surface area contributed by atoms with Crippen molar-refractivity contribution in [3.05, 3.63) is 48.2 Å². The van der Waals surface area contributed by atoms with Gasteiger partial charge in [-0.2, -0.15) is 0 Å². The van der Waals surface area contributed by atoms with Crippen LogP contribution < -0.4 is 0 Å². The van der Waals surface area contributed by atoms with Crippen molar-refractivity contribution in [1.29, 1.82) is 0 Å². The topological polar surface area (TPSA) is 0 Å². The molecule has 0 aliphatic heterocycles. The molecule has 10 heavy (non-hydrogen) atoms. The van der Waals surface area contributed by atoms with Crippen LogP contribution in [-0.2, 0) is 0 Å². The molecule has 46 valence electrons. The molecule has 0 amide bonds. The van der Waals surface area contributed by atoms with Crippen LogP contribution in [0.25, 0.3) is 5.47 Å². The average molecular weight is 126 g/mol. The minimum atomic E-state index is 0.598. The van der Waals surface area contributed by atoms with Crippen molar-refractivity contribution in [3.63, 3.8) is 0 Å². The summed E-state index contributed by atoms with van der Waals surface area (Å²) in [5.74, 6) is 0. The molecule has 0 spiro atoms. The van der Waals surface area contributed by atoms with Crippen molar-refractivity contribution in [2.24, 2.45) is 0 Å². The van der Waals surface area contributed by atoms with Crippen LogP contribution in [-0.4, -0.2) is 7.85 Å². The number of rotatable bonds is 1. The Hall–Kier alpha value is -1.20. The minimum absolute atomic E-state index is 0.598. The fraction of sp³-hybridized carbons (Fsp3) is 0. The highest BCUT2D eigenvalue weighted by Gasteiger charge is 1.88. The van der Waals surface area contributed by atoms with Crippen molar-refractivity contribution in [1.82, 2.24) is 0 Å². The lowest BCUT2D eigenvalue weighted by molar-refractivity contribution is 1.65. The van der Waals surface area contributed by atoms with E-state index in [0.29, 0.717) is 5.47 Å². The Balaban J connectivity index is 3.08. The van der Waals surface area contributed by atoms with E-state index in [9.17, 15) is 0 Å². The second-order valence-corrected chi connectivity index (χ2v) is 1.96. The SMILES string of the molecule is [B]C(=C=C)c1ccccc1. The standard InChI is InChI=1S/C9H7B/c1-2-9(10)8-6-4-3-5-7-8/h3-7H,1H2. The van der Waals surface area contributed by atoms with Gasteiger partial charge in [0.1, 0.15) is 7.85 Å². The first-order valence-electron chi connectivity index (χ1n) is 3.05. The van der Waals surface area contributed by atoms with Crippen LogP contribution in [0.15, 0.2) is 42.6 Å². The van der Waals surface area contributed by atoms with E-state index < -0.39 is 0 Å². The summed E-state index contributed by atoms with van der Waals surface area (Å²) in [5.41, 5.74) is 4.19. The van der Waals surface area contributed by atoms with Crippen LogP contribution in [0.4, 0.5) is 0 Å². The predicted octanol–water partition coefficient (Wildman–Crippen LogP) is 1.98. The van der Waals surface area contributed by atoms with E-state index in [0.717, 1.165) is 5.56 Å². The second kappa shape index (κ2) is 3.10. The van der Waals surface area contributed by atoms with Gasteiger partial charge in [-0.05, 0) is 11.0 Å². The Kier molecular flexibility index (Phi) is 2.14. The van der Waals surface area contributed by atoms with Crippen molar-refractivity contribution in [3.8, 4) is 0 Å². The molecule has 0 fully saturated rings. The van der Waals surface area contributed by atoms with E-state index >= 15 is 0 Å². The Bertz CT molecular complexity index is 255. The Morgan fingerprint density at radius 1 is 1.30 bits per heavy atom. The van der Waals surface area contributed by atoms with Crippen molar-refractivity contribution in [2.75, 3.05) is 0 Å². The summed E-state index contributed by atoms with van der Waals surface area (Å²) in [7, 11) is 5.54. The fourth-order valence-electron chi connectivity index (χ4n) is 0.720. The number of hydrogen-bond acceptors (Lipinski definition) is 0. The lowest BCUT2D eigenvalue weighted by atomic mass is 9.90. The maximum atomic E-state index is 5.54. The highest BCUT2D eigenvalue weighted by Crippen LogP contribution is 2.06. The van der Waals surface area contributed by atoms with Gasteiger partial charge in [0.25, 0.3) is 0 Å². The third kappa shape index (κ3) is 1.40. The van der Waals surface area contributed by atoms with E-state index in [-0.39, 0.29) is 0 Å². The zero-order chi connectivity index (χ0) is 7.40. The summed E-state index contributed by atoms with van der Waals surface area (Å²) in [6.45, 7) is 3.45. The van der Waals surface area contributed by atoms with Crippen molar-refractivity contribution in [2.45, 2.75) is 0 Å². The first kappa shape index (κ1) is 6.92. The molecule has 1 aromatic carbocycles. The quantitative estimate of drug-likeness (QED) is 0.398. The summed E-state index contributed by atoms with van der Waals surface area (Å²) < 4.78 is 0. The molecule has 2 radical (unpaired) electrons. The minimum Gasteiger partial charge on any atom is -0.136 e. The van der Waals surface area contributed by atoms with E-state index in [1.54, 1.807) is 0 Å². The molecule has 1 rings (SSSR count). The van der Waals surface area contributed by atoms with Gasteiger partial charge in [-0.15, -0.1) is 5.73 Å². The summed E-state index contributed by atoms with van der Waals surface area (Å²) >= 11 is 0. The normalized spacial score (nSPS) is 8.40. The lowest BCUT2D eigenvalue weighted by Gasteiger charge is -1.95. The molecule has 0 unspecified atom stereocenters. The van der Waals surface area contributed by atoms with E-state index in [1.165, 1.54) is 0 Å². The van der Waals surface area contributed by atoms with Crippen LogP contribution in [0.1, 0.15) is 5.56 Å². The average Bonchev–Trinajstić information content (AvgIpc) is 2.05. The van der Waals surface area contributed by atoms with Gasteiger partial charge in [-0.1, -0.05) is 36.9 Å². The Morgan fingerprint density at radius 3 is 2.40 bits per heavy atom. The van der Waals surface area contributed by atoms with Gasteiger partial charge in [0.05, 0.1) is 0 Å². The predicted molar refractivity (Wildman–Crippen MR) is 44.7 cm³/mol. The van der Waals surface area contributed by atoms with Gasteiger partial charge in [0.15, 0.2) is 0 Å². The van der Waals surface area contributed by atoms with Crippen molar-refractivity contribution < 1.29 is 0 Å². The Labute approximate surface area is 62.3 Å². The molecule has 1 heteroatoms. The fourth-order valence-corrected chi connectivity index (χ4v) is 0.720. The molecule has 0 saturated carbocycles. The zero-order valence-corrected chi connectivity index (χ0v) is 5.67. The highest BCUT2D eigenvalue weighted by molar-refractivity contribution is 6.42. The molecule has 0 aliphatic carbocycles. The van der Waals surface area contributed by atoms with Gasteiger partial charge in [0.2, 0.25) is 0 Å². The lowest BCUT2D eigenvalue weighted by Crippen LogP contribution is -1.78. The van der Waals surface area contributed by atoms with E-state index in [4.69, 9.17) is 7.85 Å². The molecule has 0 aliphatic rings. The summed E-state index contributed by atoms with van der Waals surface area (Å²) in [4.78, 5) is 0. The molecular formula is C9H7B. The van der Waals surface area contributed by atoms with Gasteiger partial charge in [-0.25, -0.2) is 0 Å². The molecule has 1 aromatic rings. The number of benzene rings is 1. The molecule has 0 saturated heterocycles. The molecule has 0 bridgehead atoms. The molecule has 0 aromatic heterocycles. The molecule has 0 N–H and O–H groups in total. The molecule has 0 heterocycles. The maximum Gasteiger partial charge on any atom is 0.126 e. The van der Waals surface area contributed by atoms with E-state index in [1.807, 2.05) is 30.3 Å². The highest BCUT2D eigenvalue weighted by atomic mass is 13.9. The molecular weight excluding hydrogens is 119 g/mol. The summed E-state index contributed by atoms with van der Waals surface area (Å²) in [6.07, 6.45) is 0. The van der Waals surface area contributed by atoms with Crippen LogP contribution >= 0.6 is 0 Å². The number of hydrogen-bond donors (Lipinski definition) is 0. The van der Waals surface area contributed by atoms with Crippen LogP contribution in [0.2, 0.25) is 0 Å². The maximum absolute atomic E-state index is 5.54. The van der Waals surface area contributed by atoms with E-state index in [2.05, 4.69) is 12.3 Å². The second-order valence-electron chi connectivity index (χ2n) is 1.96. The van der Waals surface area contributed by atoms with Gasteiger partial charge >= 0.3 is 0 Å².